The van der Waals surface area contributed by atoms with Crippen LogP contribution in [0.5, 0.6) is 11.5 Å². The molecule has 2 aromatic carbocycles. The maximum Gasteiger partial charge on any atom is 0.119 e. The number of methoxy groups -OCH3 is 2. The van der Waals surface area contributed by atoms with Gasteiger partial charge in [0.15, 0.2) is 0 Å². The average molecular weight is 321 g/mol. The molecule has 0 aliphatic carbocycles. The van der Waals surface area contributed by atoms with E-state index in [1.165, 1.54) is 0 Å². The molecule has 0 fully saturated rings. The number of benzene rings is 2. The van der Waals surface area contributed by atoms with Crippen LogP contribution in [-0.2, 0) is 0 Å². The molecule has 5 heteroatoms. The highest BCUT2D eigenvalue weighted by molar-refractivity contribution is 5.93. The minimum atomic E-state index is 0.787. The molecule has 0 atom stereocenters. The zero-order valence-electron chi connectivity index (χ0n) is 13.9. The lowest BCUT2D eigenvalue weighted by molar-refractivity contribution is 0.415. The van der Waals surface area contributed by atoms with Crippen molar-refractivity contribution in [2.24, 2.45) is 5.10 Å². The molecule has 0 bridgehead atoms. The summed E-state index contributed by atoms with van der Waals surface area (Å²) in [6.07, 6.45) is 1.77. The molecule has 5 nitrogen and oxygen atoms in total. The maximum absolute atomic E-state index is 5.30. The number of ether oxygens (including phenoxy) is 2. The molecule has 0 amide bonds. The standard InChI is InChI=1S/C19H19N3O2/c1-13-10-19(17-11-16(24-3)8-9-18(17)21-13)22-20-12-14-4-6-15(23-2)7-5-14/h4-12H,1-3H3,(H,21,22)/b20-12+. The number of anilines is 1. The second-order valence-corrected chi connectivity index (χ2v) is 5.34. The quantitative estimate of drug-likeness (QED) is 0.570. The first-order valence-electron chi connectivity index (χ1n) is 7.58. The highest BCUT2D eigenvalue weighted by Gasteiger charge is 2.05. The first-order chi connectivity index (χ1) is 11.7. The molecule has 3 rings (SSSR count). The number of aromatic nitrogens is 1. The lowest BCUT2D eigenvalue weighted by Gasteiger charge is -2.09. The third-order valence-corrected chi connectivity index (χ3v) is 3.66. The molecule has 0 aliphatic rings. The van der Waals surface area contributed by atoms with Gasteiger partial charge < -0.3 is 9.47 Å². The van der Waals surface area contributed by atoms with Gasteiger partial charge in [0.2, 0.25) is 0 Å². The van der Waals surface area contributed by atoms with E-state index >= 15 is 0 Å². The molecular weight excluding hydrogens is 302 g/mol. The van der Waals surface area contributed by atoms with E-state index in [0.29, 0.717) is 0 Å². The summed E-state index contributed by atoms with van der Waals surface area (Å²) in [6, 6.07) is 15.5. The Morgan fingerprint density at radius 2 is 1.67 bits per heavy atom. The summed E-state index contributed by atoms with van der Waals surface area (Å²) in [6.45, 7) is 1.96. The fourth-order valence-corrected chi connectivity index (χ4v) is 2.42. The fourth-order valence-electron chi connectivity index (χ4n) is 2.42. The molecule has 0 radical (unpaired) electrons. The number of rotatable bonds is 5. The van der Waals surface area contributed by atoms with Crippen LogP contribution >= 0.6 is 0 Å². The van der Waals surface area contributed by atoms with Gasteiger partial charge in [-0.15, -0.1) is 0 Å². The Hall–Kier alpha value is -3.08. The lowest BCUT2D eigenvalue weighted by Crippen LogP contribution is -1.95. The van der Waals surface area contributed by atoms with Crippen molar-refractivity contribution >= 4 is 22.8 Å². The van der Waals surface area contributed by atoms with E-state index in [2.05, 4.69) is 15.5 Å². The van der Waals surface area contributed by atoms with E-state index in [4.69, 9.17) is 9.47 Å². The Morgan fingerprint density at radius 1 is 0.958 bits per heavy atom. The molecule has 1 N–H and O–H groups in total. The Labute approximate surface area is 140 Å². The van der Waals surface area contributed by atoms with Gasteiger partial charge in [-0.2, -0.15) is 5.10 Å². The summed E-state index contributed by atoms with van der Waals surface area (Å²) in [5, 5.41) is 5.29. The van der Waals surface area contributed by atoms with Crippen LogP contribution in [0.15, 0.2) is 53.6 Å². The third-order valence-electron chi connectivity index (χ3n) is 3.66. The van der Waals surface area contributed by atoms with Crippen LogP contribution < -0.4 is 14.9 Å². The number of hydrogen-bond acceptors (Lipinski definition) is 5. The van der Waals surface area contributed by atoms with Crippen LogP contribution in [0.4, 0.5) is 5.69 Å². The third kappa shape index (κ3) is 3.46. The van der Waals surface area contributed by atoms with Gasteiger partial charge in [-0.05, 0) is 61.0 Å². The van der Waals surface area contributed by atoms with Gasteiger partial charge in [-0.25, -0.2) is 0 Å². The van der Waals surface area contributed by atoms with E-state index in [1.807, 2.05) is 55.5 Å². The van der Waals surface area contributed by atoms with Gasteiger partial charge in [-0.3, -0.25) is 10.4 Å². The molecule has 0 aliphatic heterocycles. The SMILES string of the molecule is COc1ccc(/C=N/Nc2cc(C)nc3ccc(OC)cc23)cc1. The Balaban J connectivity index is 1.86. The van der Waals surface area contributed by atoms with E-state index < -0.39 is 0 Å². The first kappa shape index (κ1) is 15.8. The van der Waals surface area contributed by atoms with Crippen LogP contribution in [0.1, 0.15) is 11.3 Å². The van der Waals surface area contributed by atoms with Gasteiger partial charge in [0, 0.05) is 11.1 Å². The van der Waals surface area contributed by atoms with Crippen molar-refractivity contribution in [2.45, 2.75) is 6.92 Å². The molecule has 0 unspecified atom stereocenters. The minimum absolute atomic E-state index is 0.787. The number of nitrogens with one attached hydrogen (secondary N) is 1. The summed E-state index contributed by atoms with van der Waals surface area (Å²) in [5.41, 5.74) is 6.80. The van der Waals surface area contributed by atoms with Crippen molar-refractivity contribution in [3.8, 4) is 11.5 Å². The zero-order chi connectivity index (χ0) is 16.9. The summed E-state index contributed by atoms with van der Waals surface area (Å²) in [7, 11) is 3.30. The van der Waals surface area contributed by atoms with Gasteiger partial charge in [0.05, 0.1) is 31.6 Å². The predicted octanol–water partition coefficient (Wildman–Crippen LogP) is 4.01. The molecule has 0 saturated heterocycles. The number of nitrogens with zero attached hydrogens (tertiary/aromatic N) is 2. The van der Waals surface area contributed by atoms with Gasteiger partial charge in [-0.1, -0.05) is 0 Å². The Kier molecular flexibility index (Phi) is 4.61. The molecule has 24 heavy (non-hydrogen) atoms. The van der Waals surface area contributed by atoms with Gasteiger partial charge >= 0.3 is 0 Å². The fraction of sp³-hybridized carbons (Fsp3) is 0.158. The average Bonchev–Trinajstić information content (AvgIpc) is 2.62. The Bertz CT molecular complexity index is 874. The van der Waals surface area contributed by atoms with Crippen LogP contribution in [0, 0.1) is 6.92 Å². The lowest BCUT2D eigenvalue weighted by atomic mass is 10.1. The summed E-state index contributed by atoms with van der Waals surface area (Å²) < 4.78 is 10.4. The van der Waals surface area contributed by atoms with E-state index in [0.717, 1.165) is 39.3 Å². The number of pyridine rings is 1. The normalized spacial score (nSPS) is 11.0. The predicted molar refractivity (Wildman–Crippen MR) is 97.2 cm³/mol. The molecular formula is C19H19N3O2. The molecule has 0 spiro atoms. The van der Waals surface area contributed by atoms with Gasteiger partial charge in [0.1, 0.15) is 11.5 Å². The number of fused-ring (bicyclic) bond motifs is 1. The largest absolute Gasteiger partial charge is 0.497 e. The van der Waals surface area contributed by atoms with Crippen LogP contribution in [0.25, 0.3) is 10.9 Å². The van der Waals surface area contributed by atoms with Crippen molar-refractivity contribution in [2.75, 3.05) is 19.6 Å². The van der Waals surface area contributed by atoms with Crippen molar-refractivity contribution in [3.63, 3.8) is 0 Å². The van der Waals surface area contributed by atoms with E-state index in [-0.39, 0.29) is 0 Å². The van der Waals surface area contributed by atoms with Gasteiger partial charge in [0.25, 0.3) is 0 Å². The van der Waals surface area contributed by atoms with E-state index in [1.54, 1.807) is 20.4 Å². The first-order valence-corrected chi connectivity index (χ1v) is 7.58. The second kappa shape index (κ2) is 7.00. The summed E-state index contributed by atoms with van der Waals surface area (Å²) in [5.74, 6) is 1.61. The highest BCUT2D eigenvalue weighted by atomic mass is 16.5. The van der Waals surface area contributed by atoms with E-state index in [9.17, 15) is 0 Å². The highest BCUT2D eigenvalue weighted by Crippen LogP contribution is 2.27. The van der Waals surface area contributed by atoms with Crippen LogP contribution in [0.2, 0.25) is 0 Å². The maximum atomic E-state index is 5.30. The zero-order valence-corrected chi connectivity index (χ0v) is 13.9. The topological polar surface area (TPSA) is 55.7 Å². The molecule has 1 aromatic heterocycles. The number of aryl methyl sites for hydroxylation is 1. The minimum Gasteiger partial charge on any atom is -0.497 e. The number of hydrazone groups is 1. The second-order valence-electron chi connectivity index (χ2n) is 5.34. The smallest absolute Gasteiger partial charge is 0.119 e. The molecule has 0 saturated carbocycles. The van der Waals surface area contributed by atoms with Crippen LogP contribution in [0.3, 0.4) is 0 Å². The summed E-state index contributed by atoms with van der Waals surface area (Å²) in [4.78, 5) is 4.54. The van der Waals surface area contributed by atoms with Crippen molar-refractivity contribution in [3.05, 3.63) is 59.8 Å². The van der Waals surface area contributed by atoms with Crippen molar-refractivity contribution < 1.29 is 9.47 Å². The molecule has 3 aromatic rings. The number of hydrogen-bond donors (Lipinski definition) is 1. The van der Waals surface area contributed by atoms with Crippen molar-refractivity contribution in [1.82, 2.24) is 4.98 Å². The van der Waals surface area contributed by atoms with Crippen LogP contribution in [-0.4, -0.2) is 25.4 Å². The monoisotopic (exact) mass is 321 g/mol. The molecule has 122 valence electrons. The molecule has 1 heterocycles. The Morgan fingerprint density at radius 3 is 2.38 bits per heavy atom. The summed E-state index contributed by atoms with van der Waals surface area (Å²) >= 11 is 0. The van der Waals surface area contributed by atoms with Crippen molar-refractivity contribution in [1.29, 1.82) is 0 Å².